The lowest BCUT2D eigenvalue weighted by atomic mass is 10.3. The molecule has 0 radical (unpaired) electrons. The number of aryl methyl sites for hydroxylation is 1. The minimum atomic E-state index is -0.0675. The van der Waals surface area contributed by atoms with Crippen LogP contribution in [0.1, 0.15) is 31.3 Å². The topological polar surface area (TPSA) is 78.0 Å². The number of pyridine rings is 1. The van der Waals surface area contributed by atoms with Gasteiger partial charge < -0.3 is 0 Å². The lowest BCUT2D eigenvalue weighted by Crippen LogP contribution is -2.17. The summed E-state index contributed by atoms with van der Waals surface area (Å²) in [6.45, 7) is 5.93. The van der Waals surface area contributed by atoms with Gasteiger partial charge in [0.1, 0.15) is 5.65 Å². The number of aromatic nitrogens is 6. The molecule has 0 bridgehead atoms. The molecule has 3 aromatic rings. The zero-order valence-electron chi connectivity index (χ0n) is 12.6. The van der Waals surface area contributed by atoms with E-state index < -0.39 is 0 Å². The van der Waals surface area contributed by atoms with Gasteiger partial charge in [0.25, 0.3) is 5.56 Å². The maximum atomic E-state index is 12.2. The SMILES string of the molecule is Cc1cccc2nc(CSc3nnnn3C(C)C)cc(=O)n12. The Balaban J connectivity index is 1.89. The van der Waals surface area contributed by atoms with Gasteiger partial charge in [-0.05, 0) is 43.3 Å². The van der Waals surface area contributed by atoms with Crippen molar-refractivity contribution < 1.29 is 0 Å². The molecule has 0 aliphatic heterocycles. The molecule has 0 N–H and O–H groups in total. The molecule has 0 amide bonds. The summed E-state index contributed by atoms with van der Waals surface area (Å²) in [5.41, 5.74) is 2.19. The standard InChI is InChI=1S/C14H16N6OS/c1-9(2)20-14(16-17-18-20)22-8-11-7-13(21)19-10(3)5-4-6-12(19)15-11/h4-7,9H,8H2,1-3H3. The highest BCUT2D eigenvalue weighted by Crippen LogP contribution is 2.21. The average Bonchev–Trinajstić information content (AvgIpc) is 2.93. The number of nitrogens with zero attached hydrogens (tertiary/aromatic N) is 6. The van der Waals surface area contributed by atoms with E-state index in [1.165, 1.54) is 11.8 Å². The lowest BCUT2D eigenvalue weighted by Gasteiger charge is -2.08. The van der Waals surface area contributed by atoms with Gasteiger partial charge in [-0.1, -0.05) is 17.8 Å². The molecule has 0 fully saturated rings. The van der Waals surface area contributed by atoms with Gasteiger partial charge in [-0.15, -0.1) is 5.10 Å². The Morgan fingerprint density at radius 3 is 2.91 bits per heavy atom. The van der Waals surface area contributed by atoms with Crippen LogP contribution >= 0.6 is 11.8 Å². The van der Waals surface area contributed by atoms with Crippen LogP contribution in [-0.4, -0.2) is 29.6 Å². The molecule has 7 nitrogen and oxygen atoms in total. The maximum absolute atomic E-state index is 12.2. The van der Waals surface area contributed by atoms with Crippen LogP contribution < -0.4 is 5.56 Å². The van der Waals surface area contributed by atoms with Gasteiger partial charge in [-0.2, -0.15) is 0 Å². The molecule has 114 valence electrons. The van der Waals surface area contributed by atoms with Gasteiger partial charge in [0.05, 0.1) is 11.7 Å². The molecule has 3 aromatic heterocycles. The van der Waals surface area contributed by atoms with Crippen molar-refractivity contribution in [1.29, 1.82) is 0 Å². The fourth-order valence-electron chi connectivity index (χ4n) is 2.18. The zero-order chi connectivity index (χ0) is 15.7. The molecule has 22 heavy (non-hydrogen) atoms. The first-order valence-electron chi connectivity index (χ1n) is 6.95. The Kier molecular flexibility index (Phi) is 3.93. The molecule has 0 aliphatic rings. The van der Waals surface area contributed by atoms with Crippen LogP contribution in [0.3, 0.4) is 0 Å². The minimum absolute atomic E-state index is 0.0675. The fourth-order valence-corrected chi connectivity index (χ4v) is 3.08. The van der Waals surface area contributed by atoms with Gasteiger partial charge in [-0.25, -0.2) is 9.67 Å². The predicted molar refractivity (Wildman–Crippen MR) is 84.0 cm³/mol. The molecular formula is C14H16N6OS. The largest absolute Gasteiger partial charge is 0.269 e. The number of thioether (sulfide) groups is 1. The molecule has 0 unspecified atom stereocenters. The quantitative estimate of drug-likeness (QED) is 0.684. The van der Waals surface area contributed by atoms with Gasteiger partial charge in [0.2, 0.25) is 5.16 Å². The summed E-state index contributed by atoms with van der Waals surface area (Å²) >= 11 is 1.47. The van der Waals surface area contributed by atoms with Crippen LogP contribution in [0.15, 0.2) is 34.2 Å². The smallest absolute Gasteiger partial charge is 0.258 e. The molecule has 0 atom stereocenters. The van der Waals surface area contributed by atoms with Crippen molar-refractivity contribution in [3.05, 3.63) is 46.0 Å². The van der Waals surface area contributed by atoms with Gasteiger partial charge in [-0.3, -0.25) is 9.20 Å². The highest BCUT2D eigenvalue weighted by molar-refractivity contribution is 7.98. The van der Waals surface area contributed by atoms with E-state index >= 15 is 0 Å². The molecule has 0 saturated heterocycles. The van der Waals surface area contributed by atoms with Crippen molar-refractivity contribution in [3.8, 4) is 0 Å². The average molecular weight is 316 g/mol. The van der Waals surface area contributed by atoms with Gasteiger partial charge >= 0.3 is 0 Å². The zero-order valence-corrected chi connectivity index (χ0v) is 13.4. The van der Waals surface area contributed by atoms with Gasteiger partial charge in [0.15, 0.2) is 0 Å². The summed E-state index contributed by atoms with van der Waals surface area (Å²) < 4.78 is 3.36. The Hall–Kier alpha value is -2.22. The second-order valence-electron chi connectivity index (χ2n) is 5.23. The van der Waals surface area contributed by atoms with E-state index in [1.807, 2.05) is 39.0 Å². The third-order valence-corrected chi connectivity index (χ3v) is 4.20. The second kappa shape index (κ2) is 5.88. The minimum Gasteiger partial charge on any atom is -0.269 e. The number of rotatable bonds is 4. The number of fused-ring (bicyclic) bond motifs is 1. The van der Waals surface area contributed by atoms with E-state index in [0.29, 0.717) is 11.4 Å². The normalized spacial score (nSPS) is 11.5. The van der Waals surface area contributed by atoms with Crippen molar-refractivity contribution in [2.45, 2.75) is 37.7 Å². The van der Waals surface area contributed by atoms with E-state index in [4.69, 9.17) is 0 Å². The van der Waals surface area contributed by atoms with E-state index in [-0.39, 0.29) is 11.6 Å². The molecule has 0 spiro atoms. The summed E-state index contributed by atoms with van der Waals surface area (Å²) in [5, 5.41) is 12.4. The third-order valence-electron chi connectivity index (χ3n) is 3.23. The number of tetrazole rings is 1. The van der Waals surface area contributed by atoms with Crippen molar-refractivity contribution >= 4 is 17.4 Å². The van der Waals surface area contributed by atoms with Crippen LogP contribution in [0, 0.1) is 6.92 Å². The van der Waals surface area contributed by atoms with Crippen molar-refractivity contribution in [3.63, 3.8) is 0 Å². The monoisotopic (exact) mass is 316 g/mol. The third kappa shape index (κ3) is 2.74. The highest BCUT2D eigenvalue weighted by Gasteiger charge is 2.11. The Morgan fingerprint density at radius 1 is 1.32 bits per heavy atom. The van der Waals surface area contributed by atoms with Gasteiger partial charge in [0, 0.05) is 17.5 Å². The molecule has 0 aliphatic carbocycles. The molecule has 0 saturated carbocycles. The van der Waals surface area contributed by atoms with E-state index in [0.717, 1.165) is 16.5 Å². The molecule has 0 aromatic carbocycles. The number of hydrogen-bond acceptors (Lipinski definition) is 6. The highest BCUT2D eigenvalue weighted by atomic mass is 32.2. The Morgan fingerprint density at radius 2 is 2.14 bits per heavy atom. The molecule has 3 rings (SSSR count). The summed E-state index contributed by atoms with van der Waals surface area (Å²) in [5.74, 6) is 0.548. The van der Waals surface area contributed by atoms with Crippen LogP contribution in [0.5, 0.6) is 0 Å². The maximum Gasteiger partial charge on any atom is 0.258 e. The summed E-state index contributed by atoms with van der Waals surface area (Å²) in [4.78, 5) is 16.8. The van der Waals surface area contributed by atoms with Crippen molar-refractivity contribution in [1.82, 2.24) is 29.6 Å². The first kappa shape index (κ1) is 14.7. The predicted octanol–water partition coefficient (Wildman–Crippen LogP) is 1.86. The molecule has 3 heterocycles. The molecule has 8 heteroatoms. The van der Waals surface area contributed by atoms with Crippen LogP contribution in [0.2, 0.25) is 0 Å². The number of hydrogen-bond donors (Lipinski definition) is 0. The second-order valence-corrected chi connectivity index (χ2v) is 6.18. The first-order chi connectivity index (χ1) is 10.6. The van der Waals surface area contributed by atoms with E-state index in [1.54, 1.807) is 15.1 Å². The van der Waals surface area contributed by atoms with Crippen LogP contribution in [0.4, 0.5) is 0 Å². The summed E-state index contributed by atoms with van der Waals surface area (Å²) in [6.07, 6.45) is 0. The van der Waals surface area contributed by atoms with E-state index in [2.05, 4.69) is 20.5 Å². The van der Waals surface area contributed by atoms with E-state index in [9.17, 15) is 4.79 Å². The fraction of sp³-hybridized carbons (Fsp3) is 0.357. The summed E-state index contributed by atoms with van der Waals surface area (Å²) in [7, 11) is 0. The van der Waals surface area contributed by atoms with Crippen molar-refractivity contribution in [2.75, 3.05) is 0 Å². The van der Waals surface area contributed by atoms with Crippen LogP contribution in [0.25, 0.3) is 5.65 Å². The van der Waals surface area contributed by atoms with Crippen molar-refractivity contribution in [2.24, 2.45) is 0 Å². The molecular weight excluding hydrogens is 300 g/mol. The Labute approximate surface area is 131 Å². The first-order valence-corrected chi connectivity index (χ1v) is 7.94. The Bertz CT molecular complexity index is 869. The van der Waals surface area contributed by atoms with Crippen LogP contribution in [-0.2, 0) is 5.75 Å². The summed E-state index contributed by atoms with van der Waals surface area (Å²) in [6, 6.07) is 7.38. The lowest BCUT2D eigenvalue weighted by molar-refractivity contribution is 0.477.